The van der Waals surface area contributed by atoms with Gasteiger partial charge in [0.1, 0.15) is 6.54 Å². The van der Waals surface area contributed by atoms with Crippen molar-refractivity contribution in [1.29, 1.82) is 0 Å². The molecule has 1 aliphatic rings. The number of benzene rings is 1. The Morgan fingerprint density at radius 3 is 2.48 bits per heavy atom. The van der Waals surface area contributed by atoms with Crippen molar-refractivity contribution >= 4 is 41.5 Å². The number of guanidine groups is 1. The second kappa shape index (κ2) is 12.8. The molecule has 1 amide bonds. The minimum absolute atomic E-state index is 0. The van der Waals surface area contributed by atoms with Crippen molar-refractivity contribution < 1.29 is 9.53 Å². The molecule has 27 heavy (non-hydrogen) atoms. The Bertz CT molecular complexity index is 577. The van der Waals surface area contributed by atoms with Crippen LogP contribution in [0.5, 0.6) is 0 Å². The first-order valence-corrected chi connectivity index (χ1v) is 9.25. The molecule has 1 aliphatic heterocycles. The fourth-order valence-electron chi connectivity index (χ4n) is 2.94. The molecule has 2 N–H and O–H groups in total. The molecule has 0 radical (unpaired) electrons. The minimum atomic E-state index is 0. The Morgan fingerprint density at radius 1 is 1.22 bits per heavy atom. The van der Waals surface area contributed by atoms with Gasteiger partial charge in [-0.15, -0.1) is 24.0 Å². The van der Waals surface area contributed by atoms with Gasteiger partial charge in [0.25, 0.3) is 0 Å². The number of piperazine rings is 1. The maximum atomic E-state index is 12.5. The number of para-hydroxylation sites is 1. The van der Waals surface area contributed by atoms with E-state index >= 15 is 0 Å². The molecule has 1 atom stereocenters. The lowest BCUT2D eigenvalue weighted by Crippen LogP contribution is -2.50. The number of carbonyl (C=O) groups is 1. The Morgan fingerprint density at radius 2 is 1.89 bits per heavy atom. The average Bonchev–Trinajstić information content (AvgIpc) is 2.67. The van der Waals surface area contributed by atoms with Crippen LogP contribution in [-0.2, 0) is 9.53 Å². The van der Waals surface area contributed by atoms with Crippen LogP contribution in [0.1, 0.15) is 13.8 Å². The van der Waals surface area contributed by atoms with Crippen LogP contribution in [-0.4, -0.2) is 75.8 Å². The molecular weight excluding hydrogens is 457 g/mol. The fraction of sp³-hybridized carbons (Fsp3) is 0.579. The number of rotatable bonds is 7. The van der Waals surface area contributed by atoms with Crippen LogP contribution < -0.4 is 15.5 Å². The maximum Gasteiger partial charge on any atom is 0.244 e. The van der Waals surface area contributed by atoms with Crippen LogP contribution in [0.15, 0.2) is 35.3 Å². The summed E-state index contributed by atoms with van der Waals surface area (Å²) in [5.74, 6) is 0.711. The van der Waals surface area contributed by atoms with Gasteiger partial charge in [0, 0.05) is 51.6 Å². The first-order valence-electron chi connectivity index (χ1n) is 9.25. The quantitative estimate of drug-likeness (QED) is 0.346. The van der Waals surface area contributed by atoms with E-state index in [0.717, 1.165) is 32.7 Å². The van der Waals surface area contributed by atoms with Gasteiger partial charge in [0.2, 0.25) is 5.91 Å². The van der Waals surface area contributed by atoms with E-state index in [1.165, 1.54) is 5.69 Å². The number of halogens is 1. The van der Waals surface area contributed by atoms with E-state index in [9.17, 15) is 4.79 Å². The highest BCUT2D eigenvalue weighted by Crippen LogP contribution is 2.15. The molecule has 1 unspecified atom stereocenters. The first kappa shape index (κ1) is 23.5. The molecule has 0 aliphatic carbocycles. The van der Waals surface area contributed by atoms with E-state index in [4.69, 9.17) is 4.74 Å². The highest BCUT2D eigenvalue weighted by molar-refractivity contribution is 14.0. The summed E-state index contributed by atoms with van der Waals surface area (Å²) in [6.07, 6.45) is 0. The molecule has 0 aromatic heterocycles. The zero-order valence-corrected chi connectivity index (χ0v) is 18.8. The van der Waals surface area contributed by atoms with Gasteiger partial charge >= 0.3 is 0 Å². The molecule has 2 rings (SSSR count). The van der Waals surface area contributed by atoms with Crippen molar-refractivity contribution in [1.82, 2.24) is 15.5 Å². The second-order valence-electron chi connectivity index (χ2n) is 6.40. The molecule has 1 saturated heterocycles. The van der Waals surface area contributed by atoms with Gasteiger partial charge in [0.15, 0.2) is 5.96 Å². The fourth-order valence-corrected chi connectivity index (χ4v) is 2.94. The van der Waals surface area contributed by atoms with Gasteiger partial charge in [-0.2, -0.15) is 0 Å². The Hall–Kier alpha value is -1.55. The van der Waals surface area contributed by atoms with Crippen LogP contribution in [0, 0.1) is 0 Å². The van der Waals surface area contributed by atoms with Crippen molar-refractivity contribution in [3.8, 4) is 0 Å². The molecule has 8 heteroatoms. The Kier molecular flexibility index (Phi) is 11.1. The summed E-state index contributed by atoms with van der Waals surface area (Å²) in [7, 11) is 1.67. The molecule has 1 aromatic carbocycles. The Balaban J connectivity index is 0.00000364. The zero-order chi connectivity index (χ0) is 18.8. The molecule has 1 heterocycles. The Labute approximate surface area is 179 Å². The third kappa shape index (κ3) is 7.92. The number of ether oxygens (including phenoxy) is 1. The summed E-state index contributed by atoms with van der Waals surface area (Å²) in [5.41, 5.74) is 1.21. The van der Waals surface area contributed by atoms with Gasteiger partial charge in [-0.3, -0.25) is 4.79 Å². The third-order valence-corrected chi connectivity index (χ3v) is 4.27. The topological polar surface area (TPSA) is 69.2 Å². The number of methoxy groups -OCH3 is 1. The van der Waals surface area contributed by atoms with E-state index in [-0.39, 0.29) is 42.5 Å². The minimum Gasteiger partial charge on any atom is -0.383 e. The van der Waals surface area contributed by atoms with Crippen LogP contribution >= 0.6 is 24.0 Å². The van der Waals surface area contributed by atoms with Crippen molar-refractivity contribution in [2.45, 2.75) is 19.9 Å². The van der Waals surface area contributed by atoms with Gasteiger partial charge in [-0.25, -0.2) is 4.99 Å². The van der Waals surface area contributed by atoms with Crippen LogP contribution in [0.2, 0.25) is 0 Å². The monoisotopic (exact) mass is 489 g/mol. The largest absolute Gasteiger partial charge is 0.383 e. The van der Waals surface area contributed by atoms with Gasteiger partial charge < -0.3 is 25.2 Å². The summed E-state index contributed by atoms with van der Waals surface area (Å²) < 4.78 is 5.12. The van der Waals surface area contributed by atoms with Crippen LogP contribution in [0.3, 0.4) is 0 Å². The number of nitrogens with one attached hydrogen (secondary N) is 2. The summed E-state index contributed by atoms with van der Waals surface area (Å²) in [4.78, 5) is 21.1. The highest BCUT2D eigenvalue weighted by atomic mass is 127. The third-order valence-electron chi connectivity index (χ3n) is 4.27. The van der Waals surface area contributed by atoms with Crippen molar-refractivity contribution in [2.24, 2.45) is 4.99 Å². The molecule has 7 nitrogen and oxygen atoms in total. The van der Waals surface area contributed by atoms with E-state index in [2.05, 4.69) is 32.7 Å². The maximum absolute atomic E-state index is 12.5. The number of hydrogen-bond donors (Lipinski definition) is 2. The highest BCUT2D eigenvalue weighted by Gasteiger charge is 2.21. The SMILES string of the molecule is CCNC(=NCC(=O)N1CCN(c2ccccc2)CC1)NC(C)COC.I. The number of amides is 1. The number of nitrogens with zero attached hydrogens (tertiary/aromatic N) is 3. The summed E-state index contributed by atoms with van der Waals surface area (Å²) in [6.45, 7) is 8.66. The molecule has 1 aromatic rings. The number of hydrogen-bond acceptors (Lipinski definition) is 4. The molecular formula is C19H32IN5O2. The van der Waals surface area contributed by atoms with Gasteiger partial charge in [0.05, 0.1) is 6.61 Å². The van der Waals surface area contributed by atoms with Gasteiger partial charge in [-0.1, -0.05) is 18.2 Å². The van der Waals surface area contributed by atoms with E-state index < -0.39 is 0 Å². The molecule has 0 spiro atoms. The lowest BCUT2D eigenvalue weighted by atomic mass is 10.2. The zero-order valence-electron chi connectivity index (χ0n) is 16.5. The van der Waals surface area contributed by atoms with Crippen molar-refractivity contribution in [3.05, 3.63) is 30.3 Å². The number of aliphatic imine (C=N–C) groups is 1. The average molecular weight is 489 g/mol. The normalized spacial score (nSPS) is 15.7. The lowest BCUT2D eigenvalue weighted by molar-refractivity contribution is -0.129. The predicted molar refractivity (Wildman–Crippen MR) is 121 cm³/mol. The summed E-state index contributed by atoms with van der Waals surface area (Å²) in [6, 6.07) is 10.4. The molecule has 0 bridgehead atoms. The van der Waals surface area contributed by atoms with Crippen LogP contribution in [0.25, 0.3) is 0 Å². The molecule has 1 fully saturated rings. The predicted octanol–water partition coefficient (Wildman–Crippen LogP) is 1.54. The number of anilines is 1. The van der Waals surface area contributed by atoms with Gasteiger partial charge in [-0.05, 0) is 26.0 Å². The molecule has 0 saturated carbocycles. The second-order valence-corrected chi connectivity index (χ2v) is 6.40. The van der Waals surface area contributed by atoms with Crippen molar-refractivity contribution in [3.63, 3.8) is 0 Å². The smallest absolute Gasteiger partial charge is 0.244 e. The molecule has 152 valence electrons. The van der Waals surface area contributed by atoms with E-state index in [0.29, 0.717) is 12.6 Å². The number of carbonyl (C=O) groups excluding carboxylic acids is 1. The lowest BCUT2D eigenvalue weighted by Gasteiger charge is -2.36. The first-order chi connectivity index (χ1) is 12.6. The van der Waals surface area contributed by atoms with Crippen molar-refractivity contribution in [2.75, 3.05) is 57.9 Å². The van der Waals surface area contributed by atoms with E-state index in [1.807, 2.05) is 36.9 Å². The summed E-state index contributed by atoms with van der Waals surface area (Å²) in [5, 5.41) is 6.40. The van der Waals surface area contributed by atoms with E-state index in [1.54, 1.807) is 7.11 Å². The van der Waals surface area contributed by atoms with Crippen LogP contribution in [0.4, 0.5) is 5.69 Å². The standard InChI is InChI=1S/C19H31N5O2.HI/c1-4-20-19(22-16(2)15-26-3)21-14-18(25)24-12-10-23(11-13-24)17-8-6-5-7-9-17;/h5-9,16H,4,10-15H2,1-3H3,(H2,20,21,22);1H. The summed E-state index contributed by atoms with van der Waals surface area (Å²) >= 11 is 0.